The zero-order valence-electron chi connectivity index (χ0n) is 9.55. The summed E-state index contributed by atoms with van der Waals surface area (Å²) in [6.45, 7) is 0. The first-order chi connectivity index (χ1) is 8.78. The second-order valence-electron chi connectivity index (χ2n) is 3.78. The quantitative estimate of drug-likeness (QED) is 0.677. The molecule has 2 rings (SSSR count). The molecule has 1 N–H and O–H groups in total. The largest absolute Gasteiger partial charge is 0.298 e. The van der Waals surface area contributed by atoms with Crippen LogP contribution in [0.3, 0.4) is 0 Å². The van der Waals surface area contributed by atoms with Crippen LogP contribution in [0.4, 0.5) is 0 Å². The summed E-state index contributed by atoms with van der Waals surface area (Å²) in [5, 5.41) is 1.52. The molecule has 102 valence electrons. The van der Waals surface area contributed by atoms with E-state index >= 15 is 0 Å². The van der Waals surface area contributed by atoms with Gasteiger partial charge < -0.3 is 0 Å². The lowest BCUT2D eigenvalue weighted by molar-refractivity contribution is 0.348. The van der Waals surface area contributed by atoms with Gasteiger partial charge in [-0.05, 0) is 22.9 Å². The Bertz CT molecular complexity index is 808. The highest BCUT2D eigenvalue weighted by atomic mass is 32.2. The van der Waals surface area contributed by atoms with Crippen LogP contribution in [0.15, 0.2) is 47.4 Å². The van der Waals surface area contributed by atoms with Gasteiger partial charge in [0, 0.05) is 0 Å². The Labute approximate surface area is 110 Å². The van der Waals surface area contributed by atoms with Crippen LogP contribution in [-0.4, -0.2) is 27.3 Å². The van der Waals surface area contributed by atoms with Crippen LogP contribution in [0, 0.1) is 0 Å². The molecule has 6 nitrogen and oxygen atoms in total. The van der Waals surface area contributed by atoms with Gasteiger partial charge in [-0.25, -0.2) is 4.18 Å². The number of hydrogen-bond acceptors (Lipinski definition) is 5. The molecule has 0 bridgehead atoms. The fraction of sp³-hybridized carbons (Fsp3) is 0.0909. The Morgan fingerprint density at radius 1 is 0.947 bits per heavy atom. The second kappa shape index (κ2) is 4.89. The summed E-state index contributed by atoms with van der Waals surface area (Å²) in [6, 6.07) is 11.3. The molecule has 0 aliphatic heterocycles. The van der Waals surface area contributed by atoms with E-state index in [2.05, 4.69) is 4.18 Å². The third kappa shape index (κ3) is 3.51. The SMILES string of the molecule is O=S(=O)(O)COS(=O)(=O)c1ccc2ccccc2c1. The third-order valence-electron chi connectivity index (χ3n) is 2.36. The van der Waals surface area contributed by atoms with Crippen LogP contribution >= 0.6 is 0 Å². The number of fused-ring (bicyclic) bond motifs is 1. The van der Waals surface area contributed by atoms with Crippen molar-refractivity contribution >= 4 is 31.0 Å². The molecular weight excluding hydrogens is 292 g/mol. The lowest BCUT2D eigenvalue weighted by Gasteiger charge is -2.05. The third-order valence-corrected chi connectivity index (χ3v) is 4.19. The highest BCUT2D eigenvalue weighted by Crippen LogP contribution is 2.20. The monoisotopic (exact) mass is 302 g/mol. The molecule has 0 aromatic heterocycles. The van der Waals surface area contributed by atoms with E-state index in [0.717, 1.165) is 5.39 Å². The molecule has 8 heteroatoms. The molecule has 0 heterocycles. The Kier molecular flexibility index (Phi) is 3.59. The van der Waals surface area contributed by atoms with Crippen molar-refractivity contribution in [2.75, 3.05) is 5.94 Å². The molecule has 0 atom stereocenters. The highest BCUT2D eigenvalue weighted by molar-refractivity contribution is 7.89. The molecule has 0 saturated heterocycles. The van der Waals surface area contributed by atoms with E-state index in [1.54, 1.807) is 18.2 Å². The van der Waals surface area contributed by atoms with Crippen LogP contribution in [0.1, 0.15) is 0 Å². The maximum Gasteiger partial charge on any atom is 0.298 e. The maximum absolute atomic E-state index is 11.7. The Balaban J connectivity index is 2.38. The van der Waals surface area contributed by atoms with Crippen molar-refractivity contribution in [3.8, 4) is 0 Å². The van der Waals surface area contributed by atoms with E-state index in [-0.39, 0.29) is 4.90 Å². The Morgan fingerprint density at radius 2 is 1.58 bits per heavy atom. The van der Waals surface area contributed by atoms with Crippen molar-refractivity contribution in [2.24, 2.45) is 0 Å². The van der Waals surface area contributed by atoms with Crippen molar-refractivity contribution in [3.05, 3.63) is 42.5 Å². The first kappa shape index (κ1) is 13.9. The standard InChI is InChI=1S/C11H10O6S2/c12-18(13,14)8-17-19(15,16)11-6-5-9-3-1-2-4-10(9)7-11/h1-7H,8H2,(H,12,13,14). The van der Waals surface area contributed by atoms with E-state index in [1.165, 1.54) is 12.1 Å². The molecule has 19 heavy (non-hydrogen) atoms. The molecule has 0 amide bonds. The summed E-state index contributed by atoms with van der Waals surface area (Å²) in [5.41, 5.74) is 0. The lowest BCUT2D eigenvalue weighted by atomic mass is 10.1. The van der Waals surface area contributed by atoms with E-state index in [4.69, 9.17) is 4.55 Å². The normalized spacial score (nSPS) is 12.7. The zero-order valence-corrected chi connectivity index (χ0v) is 11.2. The van der Waals surface area contributed by atoms with Gasteiger partial charge in [0.2, 0.25) is 0 Å². The van der Waals surface area contributed by atoms with Gasteiger partial charge in [0.05, 0.1) is 4.90 Å². The summed E-state index contributed by atoms with van der Waals surface area (Å²) >= 11 is 0. The highest BCUT2D eigenvalue weighted by Gasteiger charge is 2.19. The molecule has 2 aromatic carbocycles. The van der Waals surface area contributed by atoms with Crippen molar-refractivity contribution in [1.82, 2.24) is 0 Å². The van der Waals surface area contributed by atoms with Gasteiger partial charge in [-0.2, -0.15) is 16.8 Å². The lowest BCUT2D eigenvalue weighted by Crippen LogP contribution is -2.14. The van der Waals surface area contributed by atoms with Gasteiger partial charge in [-0.3, -0.25) is 4.55 Å². The Hall–Kier alpha value is -1.48. The van der Waals surface area contributed by atoms with Crippen LogP contribution in [0.5, 0.6) is 0 Å². The van der Waals surface area contributed by atoms with E-state index in [1.807, 2.05) is 12.1 Å². The predicted octanol–water partition coefficient (Wildman–Crippen LogP) is 1.39. The summed E-state index contributed by atoms with van der Waals surface area (Å²) in [7, 11) is -8.73. The minimum atomic E-state index is -4.51. The summed E-state index contributed by atoms with van der Waals surface area (Å²) < 4.78 is 57.2. The molecule has 2 aromatic rings. The number of hydrogen-bond donors (Lipinski definition) is 1. The first-order valence-corrected chi connectivity index (χ1v) is 8.13. The average Bonchev–Trinajstić information content (AvgIpc) is 2.35. The smallest absolute Gasteiger partial charge is 0.284 e. The van der Waals surface area contributed by atoms with E-state index in [9.17, 15) is 16.8 Å². The van der Waals surface area contributed by atoms with Gasteiger partial charge in [0.15, 0.2) is 5.94 Å². The molecule has 0 unspecified atom stereocenters. The van der Waals surface area contributed by atoms with Gasteiger partial charge in [-0.15, -0.1) is 0 Å². The van der Waals surface area contributed by atoms with Crippen molar-refractivity contribution in [3.63, 3.8) is 0 Å². The predicted molar refractivity (Wildman–Crippen MR) is 68.6 cm³/mol. The summed E-state index contributed by atoms with van der Waals surface area (Å²) in [5.74, 6) is -1.30. The second-order valence-corrected chi connectivity index (χ2v) is 6.80. The van der Waals surface area contributed by atoms with Crippen molar-refractivity contribution in [1.29, 1.82) is 0 Å². The van der Waals surface area contributed by atoms with Gasteiger partial charge in [0.1, 0.15) is 0 Å². The first-order valence-electron chi connectivity index (χ1n) is 5.11. The molecule has 0 fully saturated rings. The topological polar surface area (TPSA) is 97.7 Å². The fourth-order valence-electron chi connectivity index (χ4n) is 1.52. The van der Waals surface area contributed by atoms with Gasteiger partial charge in [0.25, 0.3) is 20.2 Å². The van der Waals surface area contributed by atoms with Gasteiger partial charge in [-0.1, -0.05) is 30.3 Å². The van der Waals surface area contributed by atoms with Gasteiger partial charge >= 0.3 is 0 Å². The van der Waals surface area contributed by atoms with Crippen LogP contribution in [-0.2, 0) is 24.4 Å². The molecule has 0 aliphatic carbocycles. The van der Waals surface area contributed by atoms with Crippen LogP contribution in [0.25, 0.3) is 10.8 Å². The fourth-order valence-corrected chi connectivity index (χ4v) is 3.15. The molecular formula is C11H10O6S2. The minimum absolute atomic E-state index is 0.171. The van der Waals surface area contributed by atoms with E-state index in [0.29, 0.717) is 5.39 Å². The number of rotatable bonds is 4. The van der Waals surface area contributed by atoms with Crippen LogP contribution in [0.2, 0.25) is 0 Å². The molecule has 0 aliphatic rings. The van der Waals surface area contributed by atoms with Crippen molar-refractivity contribution in [2.45, 2.75) is 4.90 Å². The maximum atomic E-state index is 11.7. The zero-order chi connectivity index (χ0) is 14.1. The summed E-state index contributed by atoms with van der Waals surface area (Å²) in [4.78, 5) is -0.171. The Morgan fingerprint density at radius 3 is 2.21 bits per heavy atom. The van der Waals surface area contributed by atoms with Crippen LogP contribution < -0.4 is 0 Å². The molecule has 0 radical (unpaired) electrons. The minimum Gasteiger partial charge on any atom is -0.284 e. The average molecular weight is 302 g/mol. The summed E-state index contributed by atoms with van der Waals surface area (Å²) in [6.07, 6.45) is 0. The number of benzene rings is 2. The van der Waals surface area contributed by atoms with Crippen molar-refractivity contribution < 1.29 is 25.6 Å². The molecule has 0 spiro atoms. The van der Waals surface area contributed by atoms with E-state index < -0.39 is 26.2 Å². The molecule has 0 saturated carbocycles.